The average Bonchev–Trinajstić information content (AvgIpc) is 3.54. The van der Waals surface area contributed by atoms with Crippen LogP contribution >= 0.6 is 0 Å². The summed E-state index contributed by atoms with van der Waals surface area (Å²) < 4.78 is 6.88. The van der Waals surface area contributed by atoms with Crippen molar-refractivity contribution in [1.29, 1.82) is 0 Å². The molecule has 54 heavy (non-hydrogen) atoms. The Morgan fingerprint density at radius 2 is 1.13 bits per heavy atom. The second-order valence-corrected chi connectivity index (χ2v) is 14.4. The second kappa shape index (κ2) is 12.1. The fourth-order valence-corrected chi connectivity index (χ4v) is 9.09. The molecule has 8 aromatic rings. The van der Waals surface area contributed by atoms with Crippen molar-refractivity contribution < 1.29 is 4.74 Å². The molecule has 0 saturated carbocycles. The largest absolute Gasteiger partial charge is 0.457 e. The Morgan fingerprint density at radius 1 is 0.463 bits per heavy atom. The normalized spacial score (nSPS) is 16.4. The summed E-state index contributed by atoms with van der Waals surface area (Å²) in [5, 5.41) is 2.39. The lowest BCUT2D eigenvalue weighted by Gasteiger charge is -2.41. The van der Waals surface area contributed by atoms with Gasteiger partial charge in [0.25, 0.3) is 0 Å². The van der Waals surface area contributed by atoms with Crippen molar-refractivity contribution >= 4 is 16.3 Å². The molecule has 0 bridgehead atoms. The van der Waals surface area contributed by atoms with Gasteiger partial charge in [0.2, 0.25) is 0 Å². The third kappa shape index (κ3) is 4.61. The maximum absolute atomic E-state index is 6.88. The molecule has 2 heterocycles. The highest BCUT2D eigenvalue weighted by Gasteiger charge is 2.52. The minimum absolute atomic E-state index is 0.416. The van der Waals surface area contributed by atoms with Crippen LogP contribution in [0.1, 0.15) is 35.1 Å². The van der Waals surface area contributed by atoms with Crippen LogP contribution in [0.2, 0.25) is 0 Å². The maximum atomic E-state index is 6.88. The van der Waals surface area contributed by atoms with Crippen LogP contribution in [-0.4, -0.2) is 9.97 Å². The van der Waals surface area contributed by atoms with Crippen molar-refractivity contribution in [2.24, 2.45) is 0 Å². The molecule has 1 unspecified atom stereocenters. The summed E-state index contributed by atoms with van der Waals surface area (Å²) >= 11 is 0. The molecule has 1 aliphatic heterocycles. The number of nitrogens with zero attached hydrogens (tertiary/aromatic N) is 2. The van der Waals surface area contributed by atoms with Gasteiger partial charge in [0.15, 0.2) is 5.82 Å². The van der Waals surface area contributed by atoms with Crippen LogP contribution in [0.25, 0.3) is 61.4 Å². The molecule has 11 rings (SSSR count). The number of aromatic nitrogens is 2. The molecule has 3 heteroatoms. The van der Waals surface area contributed by atoms with E-state index in [1.807, 2.05) is 6.07 Å². The summed E-state index contributed by atoms with van der Waals surface area (Å²) in [6, 6.07) is 60.4. The SMILES string of the molecule is C1=CC2=C(CC1)C1(c3ccccc3Oc3cc(-c4ccccc4-c4nc(-c5ccccc5)cc(-c5ccc6ccccc6c5)n4)ccc31)c1ccccc12. The lowest BCUT2D eigenvalue weighted by molar-refractivity contribution is 0.432. The molecule has 0 amide bonds. The number of hydrogen-bond donors (Lipinski definition) is 0. The zero-order chi connectivity index (χ0) is 35.6. The first kappa shape index (κ1) is 30.8. The summed E-state index contributed by atoms with van der Waals surface area (Å²) in [5.74, 6) is 2.48. The van der Waals surface area contributed by atoms with Gasteiger partial charge < -0.3 is 4.74 Å². The van der Waals surface area contributed by atoms with E-state index in [1.165, 1.54) is 44.2 Å². The zero-order valence-electron chi connectivity index (χ0n) is 29.5. The van der Waals surface area contributed by atoms with Crippen LogP contribution in [0, 0.1) is 0 Å². The van der Waals surface area contributed by atoms with Gasteiger partial charge >= 0.3 is 0 Å². The number of rotatable bonds is 4. The van der Waals surface area contributed by atoms with Crippen molar-refractivity contribution in [3.05, 3.63) is 210 Å². The first-order valence-corrected chi connectivity index (χ1v) is 18.7. The van der Waals surface area contributed by atoms with Gasteiger partial charge in [0.05, 0.1) is 16.8 Å². The summed E-state index contributed by atoms with van der Waals surface area (Å²) in [6.45, 7) is 0. The highest BCUT2D eigenvalue weighted by Crippen LogP contribution is 2.63. The number of benzene rings is 7. The first-order chi connectivity index (χ1) is 26.8. The van der Waals surface area contributed by atoms with Crippen LogP contribution in [0.4, 0.5) is 0 Å². The van der Waals surface area contributed by atoms with Gasteiger partial charge in [-0.3, -0.25) is 0 Å². The van der Waals surface area contributed by atoms with E-state index in [-0.39, 0.29) is 0 Å². The van der Waals surface area contributed by atoms with E-state index in [0.29, 0.717) is 5.82 Å². The van der Waals surface area contributed by atoms with Crippen LogP contribution in [0.5, 0.6) is 11.5 Å². The highest BCUT2D eigenvalue weighted by atomic mass is 16.5. The van der Waals surface area contributed by atoms with E-state index in [2.05, 4.69) is 176 Å². The Bertz CT molecular complexity index is 2870. The summed E-state index contributed by atoms with van der Waals surface area (Å²) in [4.78, 5) is 10.5. The molecule has 0 fully saturated rings. The van der Waals surface area contributed by atoms with Crippen molar-refractivity contribution in [3.63, 3.8) is 0 Å². The third-order valence-electron chi connectivity index (χ3n) is 11.5. The monoisotopic (exact) mass is 690 g/mol. The van der Waals surface area contributed by atoms with E-state index in [0.717, 1.165) is 63.5 Å². The first-order valence-electron chi connectivity index (χ1n) is 18.7. The van der Waals surface area contributed by atoms with Gasteiger partial charge in [0.1, 0.15) is 11.5 Å². The Hall–Kier alpha value is -6.84. The standard InChI is InChI=1S/C51H34N2O/c1-2-15-34(16-3-1)46-32-47(37-27-26-33-14-4-5-17-35(33)30-37)53-50(52-46)41-21-7-6-18-38(41)36-28-29-45-49(31-36)54-48-25-13-12-24-44(48)51(45)42-22-10-8-19-39(42)40-20-9-11-23-43(40)51/h1-10,12-22,24-32H,11,23H2. The average molecular weight is 691 g/mol. The van der Waals surface area contributed by atoms with E-state index >= 15 is 0 Å². The van der Waals surface area contributed by atoms with E-state index in [4.69, 9.17) is 14.7 Å². The van der Waals surface area contributed by atoms with Crippen LogP contribution in [-0.2, 0) is 5.41 Å². The second-order valence-electron chi connectivity index (χ2n) is 14.4. The number of hydrogen-bond acceptors (Lipinski definition) is 3. The summed E-state index contributed by atoms with van der Waals surface area (Å²) in [5.41, 5.74) is 14.4. The molecule has 3 nitrogen and oxygen atoms in total. The van der Waals surface area contributed by atoms with E-state index in [9.17, 15) is 0 Å². The molecular weight excluding hydrogens is 657 g/mol. The Labute approximate surface area is 314 Å². The number of allylic oxidation sites excluding steroid dienone is 4. The van der Waals surface area contributed by atoms with Crippen molar-refractivity contribution in [2.75, 3.05) is 0 Å². The fraction of sp³-hybridized carbons (Fsp3) is 0.0588. The lowest BCUT2D eigenvalue weighted by atomic mass is 9.64. The van der Waals surface area contributed by atoms with Gasteiger partial charge in [-0.15, -0.1) is 0 Å². The van der Waals surface area contributed by atoms with Crippen LogP contribution < -0.4 is 4.74 Å². The van der Waals surface area contributed by atoms with Gasteiger partial charge in [-0.25, -0.2) is 9.97 Å². The minimum atomic E-state index is -0.416. The number of ether oxygens (including phenoxy) is 1. The topological polar surface area (TPSA) is 35.0 Å². The fourth-order valence-electron chi connectivity index (χ4n) is 9.09. The molecule has 1 aromatic heterocycles. The molecule has 7 aromatic carbocycles. The number of fused-ring (bicyclic) bond motifs is 9. The van der Waals surface area contributed by atoms with Crippen LogP contribution in [0.3, 0.4) is 0 Å². The van der Waals surface area contributed by atoms with Crippen molar-refractivity contribution in [2.45, 2.75) is 18.3 Å². The Kier molecular flexibility index (Phi) is 6.90. The van der Waals surface area contributed by atoms with Crippen molar-refractivity contribution in [3.8, 4) is 56.5 Å². The summed E-state index contributed by atoms with van der Waals surface area (Å²) in [6.07, 6.45) is 6.70. The smallest absolute Gasteiger partial charge is 0.161 e. The van der Waals surface area contributed by atoms with E-state index in [1.54, 1.807) is 0 Å². The minimum Gasteiger partial charge on any atom is -0.457 e. The van der Waals surface area contributed by atoms with Crippen LogP contribution in [0.15, 0.2) is 188 Å². The summed E-state index contributed by atoms with van der Waals surface area (Å²) in [7, 11) is 0. The van der Waals surface area contributed by atoms with Gasteiger partial charge in [0, 0.05) is 27.8 Å². The number of para-hydroxylation sites is 1. The molecular formula is C51H34N2O. The highest BCUT2D eigenvalue weighted by molar-refractivity contribution is 5.93. The Morgan fingerprint density at radius 3 is 2.00 bits per heavy atom. The Balaban J connectivity index is 1.10. The molecule has 254 valence electrons. The molecule has 2 aliphatic carbocycles. The van der Waals surface area contributed by atoms with Gasteiger partial charge in [-0.2, -0.15) is 0 Å². The molecule has 0 radical (unpaired) electrons. The predicted octanol–water partition coefficient (Wildman–Crippen LogP) is 12.9. The van der Waals surface area contributed by atoms with E-state index < -0.39 is 5.41 Å². The van der Waals surface area contributed by atoms with Crippen molar-refractivity contribution in [1.82, 2.24) is 9.97 Å². The molecule has 1 atom stereocenters. The maximum Gasteiger partial charge on any atom is 0.161 e. The molecule has 1 spiro atoms. The van der Waals surface area contributed by atoms with Gasteiger partial charge in [-0.1, -0.05) is 158 Å². The third-order valence-corrected chi connectivity index (χ3v) is 11.5. The molecule has 3 aliphatic rings. The lowest BCUT2D eigenvalue weighted by Crippen LogP contribution is -2.33. The quantitative estimate of drug-likeness (QED) is 0.184. The van der Waals surface area contributed by atoms with Gasteiger partial charge in [-0.05, 0) is 81.3 Å². The predicted molar refractivity (Wildman–Crippen MR) is 219 cm³/mol. The zero-order valence-corrected chi connectivity index (χ0v) is 29.5. The molecule has 0 saturated heterocycles. The molecule has 0 N–H and O–H groups in total.